The van der Waals surface area contributed by atoms with Crippen LogP contribution in [0.5, 0.6) is 0 Å². The van der Waals surface area contributed by atoms with E-state index in [0.717, 1.165) is 0 Å². The third kappa shape index (κ3) is 3.77. The van der Waals surface area contributed by atoms with E-state index in [9.17, 15) is 4.79 Å². The second-order valence-corrected chi connectivity index (χ2v) is 3.01. The first kappa shape index (κ1) is 10.3. The zero-order chi connectivity index (χ0) is 10.2. The van der Waals surface area contributed by atoms with Gasteiger partial charge in [0.15, 0.2) is 0 Å². The number of hydrogen-bond donors (Lipinski definition) is 1. The fourth-order valence-corrected chi connectivity index (χ4v) is 1.04. The Morgan fingerprint density at radius 2 is 2.21 bits per heavy atom. The molecular weight excluding hydrogens is 198 g/mol. The molecule has 2 N–H and O–H groups in total. The van der Waals surface area contributed by atoms with Gasteiger partial charge in [0.2, 0.25) is 0 Å². The summed E-state index contributed by atoms with van der Waals surface area (Å²) in [4.78, 5) is 17.8. The molecule has 0 atom stereocenters. The predicted octanol–water partition coefficient (Wildman–Crippen LogP) is 1.32. The van der Waals surface area contributed by atoms with Crippen molar-refractivity contribution in [2.45, 2.75) is 0 Å². The van der Waals surface area contributed by atoms with Crippen molar-refractivity contribution in [1.82, 2.24) is 9.97 Å². The van der Waals surface area contributed by atoms with E-state index in [1.807, 2.05) is 5.38 Å². The number of carbonyl (C=O) groups is 1. The summed E-state index contributed by atoms with van der Waals surface area (Å²) >= 11 is 1.60. The van der Waals surface area contributed by atoms with Crippen molar-refractivity contribution in [2.75, 3.05) is 0 Å². The van der Waals surface area contributed by atoms with Crippen LogP contribution < -0.4 is 5.73 Å². The lowest BCUT2D eigenvalue weighted by Crippen LogP contribution is -2.12. The first-order chi connectivity index (χ1) is 6.80. The Labute approximate surface area is 85.4 Å². The fraction of sp³-hybridized carbons (Fsp3) is 0. The Morgan fingerprint density at radius 1 is 1.36 bits per heavy atom. The van der Waals surface area contributed by atoms with Crippen LogP contribution in [-0.2, 0) is 0 Å². The standard InChI is InChI=1S/C6H6N2O.C3H3NS/c7-6(9)5-3-1-2-4-8-5;1-2-5-3-4-1/h1-4H,(H2,7,9);1-3H. The predicted molar refractivity (Wildman–Crippen MR) is 54.9 cm³/mol. The fourth-order valence-electron chi connectivity index (χ4n) is 0.684. The Bertz CT molecular complexity index is 344. The van der Waals surface area contributed by atoms with Crippen LogP contribution in [0.25, 0.3) is 0 Å². The SMILES string of the molecule is NC(=O)c1ccccn1.c1cscn1. The van der Waals surface area contributed by atoms with Gasteiger partial charge in [-0.05, 0) is 12.1 Å². The molecule has 0 spiro atoms. The molecule has 72 valence electrons. The van der Waals surface area contributed by atoms with E-state index in [4.69, 9.17) is 5.73 Å². The van der Waals surface area contributed by atoms with Crippen molar-refractivity contribution in [3.8, 4) is 0 Å². The molecule has 5 heteroatoms. The summed E-state index contributed by atoms with van der Waals surface area (Å²) in [5.41, 5.74) is 7.01. The number of primary amides is 1. The summed E-state index contributed by atoms with van der Waals surface area (Å²) in [6, 6.07) is 5.02. The number of nitrogens with two attached hydrogens (primary N) is 1. The highest BCUT2D eigenvalue weighted by atomic mass is 32.1. The van der Waals surface area contributed by atoms with Gasteiger partial charge in [-0.25, -0.2) is 0 Å². The lowest BCUT2D eigenvalue weighted by atomic mass is 10.3. The quantitative estimate of drug-likeness (QED) is 0.766. The van der Waals surface area contributed by atoms with Gasteiger partial charge in [-0.1, -0.05) is 6.07 Å². The molecule has 0 saturated heterocycles. The van der Waals surface area contributed by atoms with Crippen LogP contribution >= 0.6 is 11.3 Å². The van der Waals surface area contributed by atoms with Crippen molar-refractivity contribution in [2.24, 2.45) is 5.73 Å². The van der Waals surface area contributed by atoms with Gasteiger partial charge in [-0.2, -0.15) is 0 Å². The summed E-state index contributed by atoms with van der Waals surface area (Å²) in [5.74, 6) is -0.490. The van der Waals surface area contributed by atoms with Gasteiger partial charge in [0.05, 0.1) is 5.51 Å². The van der Waals surface area contributed by atoms with E-state index in [-0.39, 0.29) is 0 Å². The molecule has 0 fully saturated rings. The monoisotopic (exact) mass is 207 g/mol. The summed E-state index contributed by atoms with van der Waals surface area (Å²) in [6.07, 6.45) is 3.30. The number of nitrogens with zero attached hydrogens (tertiary/aromatic N) is 2. The van der Waals surface area contributed by atoms with E-state index in [0.29, 0.717) is 5.69 Å². The molecule has 0 saturated carbocycles. The molecule has 0 unspecified atom stereocenters. The van der Waals surface area contributed by atoms with E-state index in [1.165, 1.54) is 6.20 Å². The lowest BCUT2D eigenvalue weighted by Gasteiger charge is -1.88. The summed E-state index contributed by atoms with van der Waals surface area (Å²) in [6.45, 7) is 0. The maximum atomic E-state index is 10.4. The molecule has 2 aromatic heterocycles. The second-order valence-electron chi connectivity index (χ2n) is 2.25. The van der Waals surface area contributed by atoms with Gasteiger partial charge >= 0.3 is 0 Å². The molecule has 4 nitrogen and oxygen atoms in total. The first-order valence-corrected chi connectivity index (χ1v) is 4.78. The third-order valence-electron chi connectivity index (χ3n) is 1.26. The van der Waals surface area contributed by atoms with Gasteiger partial charge in [-0.3, -0.25) is 14.8 Å². The number of rotatable bonds is 1. The average Bonchev–Trinajstić information content (AvgIpc) is 2.77. The zero-order valence-electron chi connectivity index (χ0n) is 7.33. The number of pyridine rings is 1. The van der Waals surface area contributed by atoms with E-state index < -0.39 is 5.91 Å². The Morgan fingerprint density at radius 3 is 2.50 bits per heavy atom. The molecule has 0 aliphatic rings. The van der Waals surface area contributed by atoms with E-state index in [1.54, 1.807) is 41.2 Å². The van der Waals surface area contributed by atoms with Crippen molar-refractivity contribution in [3.05, 3.63) is 47.2 Å². The Hall–Kier alpha value is -1.75. The van der Waals surface area contributed by atoms with Gasteiger partial charge in [0.1, 0.15) is 5.69 Å². The maximum absolute atomic E-state index is 10.4. The lowest BCUT2D eigenvalue weighted by molar-refractivity contribution is 0.0995. The molecule has 14 heavy (non-hydrogen) atoms. The van der Waals surface area contributed by atoms with Crippen molar-refractivity contribution in [1.29, 1.82) is 0 Å². The van der Waals surface area contributed by atoms with Crippen LogP contribution in [-0.4, -0.2) is 15.9 Å². The van der Waals surface area contributed by atoms with Crippen molar-refractivity contribution >= 4 is 17.2 Å². The third-order valence-corrected chi connectivity index (χ3v) is 1.79. The zero-order valence-corrected chi connectivity index (χ0v) is 8.15. The molecular formula is C9H9N3OS. The topological polar surface area (TPSA) is 68.9 Å². The largest absolute Gasteiger partial charge is 0.364 e. The summed E-state index contributed by atoms with van der Waals surface area (Å²) < 4.78 is 0. The highest BCUT2D eigenvalue weighted by Crippen LogP contribution is 1.89. The van der Waals surface area contributed by atoms with Crippen LogP contribution in [0.15, 0.2) is 41.5 Å². The number of carbonyl (C=O) groups excluding carboxylic acids is 1. The molecule has 2 heterocycles. The minimum atomic E-state index is -0.490. The Balaban J connectivity index is 0.000000165. The van der Waals surface area contributed by atoms with Crippen molar-refractivity contribution in [3.63, 3.8) is 0 Å². The molecule has 0 bridgehead atoms. The summed E-state index contributed by atoms with van der Waals surface area (Å²) in [5, 5.41) is 1.93. The van der Waals surface area contributed by atoms with Gasteiger partial charge in [0.25, 0.3) is 5.91 Å². The Kier molecular flexibility index (Phi) is 4.30. The highest BCUT2D eigenvalue weighted by molar-refractivity contribution is 7.07. The van der Waals surface area contributed by atoms with Gasteiger partial charge in [0, 0.05) is 17.8 Å². The molecule has 0 radical (unpaired) electrons. The van der Waals surface area contributed by atoms with Crippen LogP contribution in [0.2, 0.25) is 0 Å². The van der Waals surface area contributed by atoms with Gasteiger partial charge in [-0.15, -0.1) is 11.3 Å². The van der Waals surface area contributed by atoms with Gasteiger partial charge < -0.3 is 5.73 Å². The highest BCUT2D eigenvalue weighted by Gasteiger charge is 1.95. The first-order valence-electron chi connectivity index (χ1n) is 3.83. The maximum Gasteiger partial charge on any atom is 0.267 e. The number of aromatic nitrogens is 2. The van der Waals surface area contributed by atoms with E-state index >= 15 is 0 Å². The number of thiazole rings is 1. The number of hydrogen-bond acceptors (Lipinski definition) is 4. The van der Waals surface area contributed by atoms with Crippen molar-refractivity contribution < 1.29 is 4.79 Å². The van der Waals surface area contributed by atoms with Crippen LogP contribution in [0, 0.1) is 0 Å². The molecule has 0 aliphatic carbocycles. The molecule has 0 aliphatic heterocycles. The minimum absolute atomic E-state index is 0.303. The van der Waals surface area contributed by atoms with Crippen LogP contribution in [0.4, 0.5) is 0 Å². The number of amides is 1. The smallest absolute Gasteiger partial charge is 0.267 e. The van der Waals surface area contributed by atoms with Crippen LogP contribution in [0.3, 0.4) is 0 Å². The summed E-state index contributed by atoms with van der Waals surface area (Å²) in [7, 11) is 0. The molecule has 2 aromatic rings. The van der Waals surface area contributed by atoms with E-state index in [2.05, 4.69) is 9.97 Å². The second kappa shape index (κ2) is 5.82. The van der Waals surface area contributed by atoms with Crippen LogP contribution in [0.1, 0.15) is 10.5 Å². The molecule has 0 aromatic carbocycles. The minimum Gasteiger partial charge on any atom is -0.364 e. The average molecular weight is 207 g/mol. The molecule has 1 amide bonds. The normalized spacial score (nSPS) is 8.57. The molecule has 2 rings (SSSR count).